The van der Waals surface area contributed by atoms with Gasteiger partial charge in [0.05, 0.1) is 25.7 Å². The highest BCUT2D eigenvalue weighted by Gasteiger charge is 2.53. The van der Waals surface area contributed by atoms with Crippen LogP contribution in [0, 0.1) is 5.92 Å². The molecule has 4 aromatic rings. The maximum absolute atomic E-state index is 15.1. The van der Waals surface area contributed by atoms with Crippen LogP contribution in [-0.2, 0) is 34.7 Å². The molecule has 6 nitrogen and oxygen atoms in total. The first-order valence-electron chi connectivity index (χ1n) is 14.6. The lowest BCUT2D eigenvalue weighted by molar-refractivity contribution is -0.146. The number of benzene rings is 4. The van der Waals surface area contributed by atoms with Crippen LogP contribution < -0.4 is 14.8 Å². The molecule has 45 heavy (non-hydrogen) atoms. The van der Waals surface area contributed by atoms with Crippen molar-refractivity contribution in [3.05, 3.63) is 129 Å². The third-order valence-corrected chi connectivity index (χ3v) is 9.14. The van der Waals surface area contributed by atoms with E-state index in [1.165, 1.54) is 50.6 Å². The van der Waals surface area contributed by atoms with Gasteiger partial charge in [0.25, 0.3) is 5.91 Å². The van der Waals surface area contributed by atoms with E-state index in [0.29, 0.717) is 19.3 Å². The van der Waals surface area contributed by atoms with Gasteiger partial charge in [0.15, 0.2) is 18.1 Å². The van der Waals surface area contributed by atoms with Gasteiger partial charge in [-0.15, -0.1) is 0 Å². The Kier molecular flexibility index (Phi) is 8.27. The molecular weight excluding hydrogens is 600 g/mol. The molecule has 0 saturated heterocycles. The van der Waals surface area contributed by atoms with Crippen molar-refractivity contribution in [2.45, 2.75) is 36.6 Å². The number of ether oxygens (including phenoxy) is 3. The van der Waals surface area contributed by atoms with Crippen LogP contribution in [0.1, 0.15) is 44.1 Å². The van der Waals surface area contributed by atoms with Crippen molar-refractivity contribution in [3.63, 3.8) is 0 Å². The number of esters is 1. The van der Waals surface area contributed by atoms with E-state index in [-0.39, 0.29) is 39.5 Å². The zero-order valence-corrected chi connectivity index (χ0v) is 25.6. The molecule has 0 aromatic heterocycles. The minimum atomic E-state index is -3.35. The molecule has 2 unspecified atom stereocenters. The highest BCUT2D eigenvalue weighted by molar-refractivity contribution is 6.30. The van der Waals surface area contributed by atoms with E-state index < -0.39 is 29.9 Å². The lowest BCUT2D eigenvalue weighted by Gasteiger charge is -2.39. The normalized spacial score (nSPS) is 18.1. The van der Waals surface area contributed by atoms with Gasteiger partial charge in [-0.3, -0.25) is 9.59 Å². The van der Waals surface area contributed by atoms with Crippen LogP contribution in [0.4, 0.5) is 8.78 Å². The largest absolute Gasteiger partial charge is 0.493 e. The van der Waals surface area contributed by atoms with E-state index in [4.69, 9.17) is 25.8 Å². The number of methoxy groups -OCH3 is 2. The predicted octanol–water partition coefficient (Wildman–Crippen LogP) is 6.92. The van der Waals surface area contributed by atoms with Gasteiger partial charge >= 0.3 is 11.9 Å². The molecule has 232 valence electrons. The first-order valence-corrected chi connectivity index (χ1v) is 15.0. The van der Waals surface area contributed by atoms with Crippen LogP contribution in [0.2, 0.25) is 5.02 Å². The first-order chi connectivity index (χ1) is 21.6. The van der Waals surface area contributed by atoms with Crippen LogP contribution >= 0.6 is 11.6 Å². The van der Waals surface area contributed by atoms with Gasteiger partial charge in [-0.05, 0) is 71.8 Å². The molecule has 0 fully saturated rings. The van der Waals surface area contributed by atoms with Crippen molar-refractivity contribution in [3.8, 4) is 11.5 Å². The maximum atomic E-state index is 15.1. The number of alkyl halides is 2. The van der Waals surface area contributed by atoms with Crippen LogP contribution in [0.5, 0.6) is 11.5 Å². The zero-order chi connectivity index (χ0) is 31.8. The fraction of sp³-hybridized carbons (Fsp3) is 0.278. The van der Waals surface area contributed by atoms with Crippen molar-refractivity contribution in [2.75, 3.05) is 20.8 Å². The van der Waals surface area contributed by atoms with Crippen LogP contribution in [0.15, 0.2) is 91.0 Å². The van der Waals surface area contributed by atoms with Crippen LogP contribution in [0.3, 0.4) is 0 Å². The summed E-state index contributed by atoms with van der Waals surface area (Å²) in [6, 6.07) is 25.8. The van der Waals surface area contributed by atoms with E-state index in [0.717, 1.165) is 22.3 Å². The van der Waals surface area contributed by atoms with Gasteiger partial charge in [-0.25, -0.2) is 0 Å². The molecule has 0 saturated carbocycles. The van der Waals surface area contributed by atoms with E-state index in [1.54, 1.807) is 6.07 Å². The number of hydrogen-bond acceptors (Lipinski definition) is 5. The molecule has 1 amide bonds. The summed E-state index contributed by atoms with van der Waals surface area (Å²) in [6.07, 6.45) is 1.52. The van der Waals surface area contributed by atoms with Crippen LogP contribution in [-0.4, -0.2) is 38.2 Å². The van der Waals surface area contributed by atoms with E-state index in [1.807, 2.05) is 48.5 Å². The molecule has 0 bridgehead atoms. The number of nitrogens with one attached hydrogen (secondary N) is 1. The van der Waals surface area contributed by atoms with Gasteiger partial charge in [0, 0.05) is 22.1 Å². The molecule has 0 radical (unpaired) electrons. The highest BCUT2D eigenvalue weighted by atomic mass is 35.5. The Morgan fingerprint density at radius 2 is 1.58 bits per heavy atom. The summed E-state index contributed by atoms with van der Waals surface area (Å²) in [5, 5.41) is 3.50. The van der Waals surface area contributed by atoms with E-state index in [2.05, 4.69) is 5.32 Å². The third kappa shape index (κ3) is 5.87. The summed E-state index contributed by atoms with van der Waals surface area (Å²) >= 11 is 5.93. The Morgan fingerprint density at radius 3 is 2.24 bits per heavy atom. The van der Waals surface area contributed by atoms with E-state index in [9.17, 15) is 9.59 Å². The predicted molar refractivity (Wildman–Crippen MR) is 166 cm³/mol. The smallest absolute Gasteiger partial charge is 0.309 e. The molecule has 4 aromatic carbocycles. The molecule has 2 atom stereocenters. The van der Waals surface area contributed by atoms with Gasteiger partial charge in [-0.1, -0.05) is 72.3 Å². The average Bonchev–Trinajstić information content (AvgIpc) is 3.62. The Labute approximate surface area is 265 Å². The van der Waals surface area contributed by atoms with Crippen molar-refractivity contribution in [1.29, 1.82) is 0 Å². The fourth-order valence-corrected chi connectivity index (χ4v) is 7.07. The number of fused-ring (bicyclic) bond motifs is 2. The quantitative estimate of drug-likeness (QED) is 0.203. The monoisotopic (exact) mass is 631 g/mol. The van der Waals surface area contributed by atoms with Gasteiger partial charge in [0.2, 0.25) is 0 Å². The zero-order valence-electron chi connectivity index (χ0n) is 24.8. The molecule has 0 spiro atoms. The van der Waals surface area contributed by atoms with Crippen molar-refractivity contribution in [1.82, 2.24) is 5.32 Å². The molecule has 9 heteroatoms. The van der Waals surface area contributed by atoms with E-state index >= 15 is 8.78 Å². The Balaban J connectivity index is 1.33. The second-order valence-electron chi connectivity index (χ2n) is 11.6. The Hall–Kier alpha value is -4.43. The topological polar surface area (TPSA) is 73.9 Å². The van der Waals surface area contributed by atoms with Gasteiger partial charge < -0.3 is 19.5 Å². The van der Waals surface area contributed by atoms with Crippen LogP contribution in [0.25, 0.3) is 0 Å². The minimum Gasteiger partial charge on any atom is -0.493 e. The standard InChI is InChI=1S/C36H32ClF2NO5/c1-43-30-15-14-23(17-31(30)45-21-36(38,39)26-11-7-12-27(37)18-26)33(41)40-35(19-24-9-3-4-10-25(24)20-35)32-28-13-6-5-8-22(28)16-29(32)34(42)44-2/h3-15,17-18,29,32H,16,19-21H2,1-2H3,(H,40,41). The summed E-state index contributed by atoms with van der Waals surface area (Å²) in [5.74, 6) is -4.77. The van der Waals surface area contributed by atoms with Crippen molar-refractivity contribution in [2.24, 2.45) is 5.92 Å². The van der Waals surface area contributed by atoms with Crippen molar-refractivity contribution < 1.29 is 32.6 Å². The SMILES string of the molecule is COC(=O)C1Cc2ccccc2C1C1(NC(=O)c2ccc(OC)c(OCC(F)(F)c3cccc(Cl)c3)c2)Cc2ccccc2C1. The van der Waals surface area contributed by atoms with Gasteiger partial charge in [-0.2, -0.15) is 8.78 Å². The average molecular weight is 632 g/mol. The lowest BCUT2D eigenvalue weighted by atomic mass is 9.73. The number of amides is 1. The number of carbonyl (C=O) groups excluding carboxylic acids is 2. The first kappa shape index (κ1) is 30.6. The molecule has 6 rings (SSSR count). The minimum absolute atomic E-state index is 0.00531. The second kappa shape index (κ2) is 12.2. The summed E-state index contributed by atoms with van der Waals surface area (Å²) in [5.41, 5.74) is 3.29. The number of rotatable bonds is 9. The fourth-order valence-electron chi connectivity index (χ4n) is 6.88. The number of hydrogen-bond donors (Lipinski definition) is 1. The third-order valence-electron chi connectivity index (χ3n) is 8.91. The summed E-state index contributed by atoms with van der Waals surface area (Å²) in [4.78, 5) is 27.3. The summed E-state index contributed by atoms with van der Waals surface area (Å²) < 4.78 is 46.3. The van der Waals surface area contributed by atoms with Gasteiger partial charge in [0.1, 0.15) is 0 Å². The molecule has 1 N–H and O–H groups in total. The summed E-state index contributed by atoms with van der Waals surface area (Å²) in [6.45, 7) is -0.992. The number of halogens is 3. The molecule has 2 aliphatic carbocycles. The Morgan fingerprint density at radius 1 is 0.889 bits per heavy atom. The molecule has 0 heterocycles. The molecule has 0 aliphatic heterocycles. The number of carbonyl (C=O) groups is 2. The van der Waals surface area contributed by atoms with Crippen molar-refractivity contribution >= 4 is 23.5 Å². The molecule has 2 aliphatic rings. The molecular formula is C36H32ClF2NO5. The summed E-state index contributed by atoms with van der Waals surface area (Å²) in [7, 11) is 2.78. The maximum Gasteiger partial charge on any atom is 0.309 e. The Bertz CT molecular complexity index is 1730. The second-order valence-corrected chi connectivity index (χ2v) is 12.0. The highest BCUT2D eigenvalue weighted by Crippen LogP contribution is 2.50. The lowest BCUT2D eigenvalue weighted by Crippen LogP contribution is -2.55.